The lowest BCUT2D eigenvalue weighted by molar-refractivity contribution is 0.491. The van der Waals surface area contributed by atoms with Crippen molar-refractivity contribution >= 4 is 0 Å². The lowest BCUT2D eigenvalue weighted by Gasteiger charge is -2.10. The van der Waals surface area contributed by atoms with E-state index in [4.69, 9.17) is 0 Å². The molecule has 1 atom stereocenters. The predicted octanol–water partition coefficient (Wildman–Crippen LogP) is 4.73. The average molecular weight is 180 g/mol. The lowest BCUT2D eigenvalue weighted by Crippen LogP contribution is -1.96. The first-order chi connectivity index (χ1) is 6.35. The van der Waals surface area contributed by atoms with Crippen molar-refractivity contribution in [2.75, 3.05) is 0 Å². The van der Waals surface area contributed by atoms with Crippen LogP contribution in [0.15, 0.2) is 24.8 Å². The molecule has 0 aromatic rings. The molecular weight excluding hydrogens is 156 g/mol. The summed E-state index contributed by atoms with van der Waals surface area (Å²) in [5.41, 5.74) is 0. The number of hydrogen-bond acceptors (Lipinski definition) is 0. The molecule has 0 aliphatic carbocycles. The normalized spacial score (nSPS) is 13.4. The van der Waals surface area contributed by atoms with E-state index in [1.807, 2.05) is 6.08 Å². The van der Waals surface area contributed by atoms with Crippen LogP contribution in [0, 0.1) is 5.92 Å². The maximum absolute atomic E-state index is 3.80. The zero-order chi connectivity index (χ0) is 9.94. The Hall–Kier alpha value is -0.520. The molecule has 0 heterocycles. The molecule has 0 fully saturated rings. The lowest BCUT2D eigenvalue weighted by atomic mass is 9.96. The summed E-state index contributed by atoms with van der Waals surface area (Å²) >= 11 is 0. The topological polar surface area (TPSA) is 0 Å². The Bertz CT molecular complexity index is 133. The highest BCUT2D eigenvalue weighted by atomic mass is 14.1. The van der Waals surface area contributed by atoms with E-state index in [-0.39, 0.29) is 0 Å². The van der Waals surface area contributed by atoms with Crippen LogP contribution in [0.5, 0.6) is 0 Å². The molecule has 76 valence electrons. The Morgan fingerprint density at radius 3 is 2.38 bits per heavy atom. The third-order valence-corrected chi connectivity index (χ3v) is 2.29. The molecule has 0 bridgehead atoms. The molecule has 0 aromatic heterocycles. The van der Waals surface area contributed by atoms with Gasteiger partial charge in [0.2, 0.25) is 0 Å². The van der Waals surface area contributed by atoms with Gasteiger partial charge in [-0.1, -0.05) is 51.3 Å². The highest BCUT2D eigenvalue weighted by Crippen LogP contribution is 2.16. The minimum Gasteiger partial charge on any atom is -0.103 e. The summed E-state index contributed by atoms with van der Waals surface area (Å²) in [4.78, 5) is 0. The molecule has 0 saturated heterocycles. The summed E-state index contributed by atoms with van der Waals surface area (Å²) in [5, 5.41) is 0. The monoisotopic (exact) mass is 180 g/mol. The fourth-order valence-corrected chi connectivity index (χ4v) is 1.55. The van der Waals surface area contributed by atoms with Gasteiger partial charge in [-0.2, -0.15) is 0 Å². The second-order valence-corrected chi connectivity index (χ2v) is 3.67. The van der Waals surface area contributed by atoms with Gasteiger partial charge in [-0.05, 0) is 25.2 Å². The smallest absolute Gasteiger partial charge is 0.0319 e. The molecule has 0 aliphatic heterocycles. The van der Waals surface area contributed by atoms with E-state index < -0.39 is 0 Å². The van der Waals surface area contributed by atoms with Gasteiger partial charge in [0.15, 0.2) is 0 Å². The van der Waals surface area contributed by atoms with E-state index in [0.717, 1.165) is 5.92 Å². The first-order valence-corrected chi connectivity index (χ1v) is 5.61. The van der Waals surface area contributed by atoms with Crippen LogP contribution in [0.4, 0.5) is 0 Å². The van der Waals surface area contributed by atoms with Gasteiger partial charge in [-0.15, -0.1) is 6.58 Å². The van der Waals surface area contributed by atoms with E-state index in [0.29, 0.717) is 0 Å². The van der Waals surface area contributed by atoms with Crippen LogP contribution in [-0.2, 0) is 0 Å². The Kier molecular flexibility index (Phi) is 9.18. The molecule has 0 aliphatic rings. The molecule has 0 nitrogen and oxygen atoms in total. The average Bonchev–Trinajstić information content (AvgIpc) is 2.13. The van der Waals surface area contributed by atoms with Gasteiger partial charge < -0.3 is 0 Å². The van der Waals surface area contributed by atoms with Crippen LogP contribution in [0.1, 0.15) is 52.4 Å². The standard InChI is InChI=1S/C13H24/c1-4-7-8-9-12-13(10-5-2)11-6-3/h5,8-9,13H,2,4,6-7,10-12H2,1,3H3. The Labute approximate surface area is 83.7 Å². The molecule has 0 N–H and O–H groups in total. The van der Waals surface area contributed by atoms with Gasteiger partial charge >= 0.3 is 0 Å². The van der Waals surface area contributed by atoms with Crippen molar-refractivity contribution in [3.8, 4) is 0 Å². The predicted molar refractivity (Wildman–Crippen MR) is 61.9 cm³/mol. The number of unbranched alkanes of at least 4 members (excludes halogenated alkanes) is 1. The summed E-state index contributed by atoms with van der Waals surface area (Å²) < 4.78 is 0. The molecule has 1 unspecified atom stereocenters. The fourth-order valence-electron chi connectivity index (χ4n) is 1.55. The van der Waals surface area contributed by atoms with Gasteiger partial charge in [0, 0.05) is 0 Å². The van der Waals surface area contributed by atoms with Crippen LogP contribution >= 0.6 is 0 Å². The van der Waals surface area contributed by atoms with Gasteiger partial charge in [-0.25, -0.2) is 0 Å². The molecule has 0 saturated carbocycles. The van der Waals surface area contributed by atoms with E-state index in [2.05, 4.69) is 32.6 Å². The Morgan fingerprint density at radius 2 is 1.85 bits per heavy atom. The molecule has 13 heavy (non-hydrogen) atoms. The van der Waals surface area contributed by atoms with Crippen molar-refractivity contribution in [2.45, 2.75) is 52.4 Å². The summed E-state index contributed by atoms with van der Waals surface area (Å²) in [7, 11) is 0. The Morgan fingerprint density at radius 1 is 1.08 bits per heavy atom. The molecular formula is C13H24. The van der Waals surface area contributed by atoms with Crippen LogP contribution in [0.2, 0.25) is 0 Å². The van der Waals surface area contributed by atoms with Gasteiger partial charge in [0.1, 0.15) is 0 Å². The number of allylic oxidation sites excluding steroid dienone is 3. The van der Waals surface area contributed by atoms with Crippen molar-refractivity contribution in [1.82, 2.24) is 0 Å². The molecule has 0 spiro atoms. The van der Waals surface area contributed by atoms with Gasteiger partial charge in [-0.3, -0.25) is 0 Å². The van der Waals surface area contributed by atoms with Crippen LogP contribution in [-0.4, -0.2) is 0 Å². The van der Waals surface area contributed by atoms with Crippen molar-refractivity contribution in [2.24, 2.45) is 5.92 Å². The maximum atomic E-state index is 3.80. The van der Waals surface area contributed by atoms with Crippen LogP contribution < -0.4 is 0 Å². The quantitative estimate of drug-likeness (QED) is 0.474. The summed E-state index contributed by atoms with van der Waals surface area (Å²) in [6.45, 7) is 8.28. The van der Waals surface area contributed by atoms with Gasteiger partial charge in [0.05, 0.1) is 0 Å². The van der Waals surface area contributed by atoms with E-state index in [9.17, 15) is 0 Å². The minimum absolute atomic E-state index is 0.829. The van der Waals surface area contributed by atoms with Crippen molar-refractivity contribution in [3.63, 3.8) is 0 Å². The third kappa shape index (κ3) is 7.83. The van der Waals surface area contributed by atoms with Crippen molar-refractivity contribution < 1.29 is 0 Å². The highest BCUT2D eigenvalue weighted by Gasteiger charge is 2.02. The molecule has 0 amide bonds. The molecule has 0 aromatic carbocycles. The summed E-state index contributed by atoms with van der Waals surface area (Å²) in [6.07, 6.45) is 14.2. The van der Waals surface area contributed by atoms with E-state index in [1.165, 1.54) is 38.5 Å². The summed E-state index contributed by atoms with van der Waals surface area (Å²) in [5.74, 6) is 0.829. The maximum Gasteiger partial charge on any atom is -0.0319 e. The van der Waals surface area contributed by atoms with Crippen LogP contribution in [0.25, 0.3) is 0 Å². The van der Waals surface area contributed by atoms with E-state index in [1.54, 1.807) is 0 Å². The van der Waals surface area contributed by atoms with E-state index >= 15 is 0 Å². The first kappa shape index (κ1) is 12.5. The SMILES string of the molecule is C=CCC(CC=CCCC)CCC. The Balaban J connectivity index is 3.60. The second kappa shape index (κ2) is 9.57. The number of hydrogen-bond donors (Lipinski definition) is 0. The van der Waals surface area contributed by atoms with Crippen molar-refractivity contribution in [1.29, 1.82) is 0 Å². The summed E-state index contributed by atoms with van der Waals surface area (Å²) in [6, 6.07) is 0. The minimum atomic E-state index is 0.829. The third-order valence-electron chi connectivity index (χ3n) is 2.29. The van der Waals surface area contributed by atoms with Gasteiger partial charge in [0.25, 0.3) is 0 Å². The molecule has 0 rings (SSSR count). The zero-order valence-corrected chi connectivity index (χ0v) is 9.26. The molecule has 0 heteroatoms. The first-order valence-electron chi connectivity index (χ1n) is 5.61. The fraction of sp³-hybridized carbons (Fsp3) is 0.692. The molecule has 0 radical (unpaired) electrons. The highest BCUT2D eigenvalue weighted by molar-refractivity contribution is 4.85. The zero-order valence-electron chi connectivity index (χ0n) is 9.26. The largest absolute Gasteiger partial charge is 0.103 e. The van der Waals surface area contributed by atoms with Crippen LogP contribution in [0.3, 0.4) is 0 Å². The second-order valence-electron chi connectivity index (χ2n) is 3.67. The van der Waals surface area contributed by atoms with Crippen molar-refractivity contribution in [3.05, 3.63) is 24.8 Å². The number of rotatable bonds is 8.